The van der Waals surface area contributed by atoms with E-state index >= 15 is 0 Å². The lowest BCUT2D eigenvalue weighted by Crippen LogP contribution is -1.97. The summed E-state index contributed by atoms with van der Waals surface area (Å²) < 4.78 is 4.73. The van der Waals surface area contributed by atoms with Crippen LogP contribution < -0.4 is 0 Å². The van der Waals surface area contributed by atoms with Gasteiger partial charge in [-0.3, -0.25) is 4.99 Å². The predicted octanol–water partition coefficient (Wildman–Crippen LogP) is 0.301. The molecule has 0 aliphatic carbocycles. The normalized spacial score (nSPS) is 30.5. The third-order valence-electron chi connectivity index (χ3n) is 0.554. The van der Waals surface area contributed by atoms with E-state index in [9.17, 15) is 0 Å². The smallest absolute Gasteiger partial charge is 0.171 e. The van der Waals surface area contributed by atoms with Crippen molar-refractivity contribution in [3.8, 4) is 0 Å². The van der Waals surface area contributed by atoms with Crippen molar-refractivity contribution in [3.05, 3.63) is 0 Å². The van der Waals surface area contributed by atoms with Gasteiger partial charge >= 0.3 is 0 Å². The molecule has 0 saturated carbocycles. The lowest BCUT2D eigenvalue weighted by atomic mass is 10.7. The molecule has 2 nitrogen and oxygen atoms in total. The molecule has 0 bridgehead atoms. The van der Waals surface area contributed by atoms with Gasteiger partial charge in [-0.25, -0.2) is 0 Å². The van der Waals surface area contributed by atoms with Gasteiger partial charge in [0.1, 0.15) is 0 Å². The van der Waals surface area contributed by atoms with Crippen LogP contribution in [0.15, 0.2) is 4.99 Å². The summed E-state index contributed by atoms with van der Waals surface area (Å²) in [5.41, 5.74) is 0.0185. The molecule has 0 aromatic heterocycles. The molecule has 1 heterocycles. The number of rotatable bonds is 0. The molecule has 0 spiro atoms. The summed E-state index contributed by atoms with van der Waals surface area (Å²) in [6.07, 6.45) is 1.43. The second-order valence-electron chi connectivity index (χ2n) is 1.06. The molecule has 1 rings (SSSR count). The van der Waals surface area contributed by atoms with Gasteiger partial charge in [0.15, 0.2) is 11.8 Å². The summed E-state index contributed by atoms with van der Waals surface area (Å²) in [6, 6.07) is 0. The van der Waals surface area contributed by atoms with E-state index in [1.54, 1.807) is 0 Å². The van der Waals surface area contributed by atoms with Crippen molar-refractivity contribution in [3.63, 3.8) is 0 Å². The van der Waals surface area contributed by atoms with Crippen LogP contribution in [-0.2, 0) is 4.74 Å². The summed E-state index contributed by atoms with van der Waals surface area (Å²) in [6.45, 7) is 0.698. The minimum Gasteiger partial charge on any atom is -0.468 e. The van der Waals surface area contributed by atoms with Crippen molar-refractivity contribution in [2.45, 2.75) is 5.44 Å². The number of hydrogen-bond acceptors (Lipinski definition) is 3. The SMILES string of the molecule is SC1CN=CO1. The number of aliphatic imine (C=N–C) groups is 1. The lowest BCUT2D eigenvalue weighted by Gasteiger charge is -1.93. The fourth-order valence-electron chi connectivity index (χ4n) is 0.290. The van der Waals surface area contributed by atoms with Crippen LogP contribution in [0, 0.1) is 0 Å². The maximum Gasteiger partial charge on any atom is 0.171 e. The van der Waals surface area contributed by atoms with Crippen LogP contribution in [0.1, 0.15) is 0 Å². The van der Waals surface area contributed by atoms with Crippen LogP contribution in [-0.4, -0.2) is 18.4 Å². The van der Waals surface area contributed by atoms with Gasteiger partial charge in [-0.05, 0) is 0 Å². The third-order valence-corrected chi connectivity index (χ3v) is 0.839. The van der Waals surface area contributed by atoms with Crippen LogP contribution in [0.3, 0.4) is 0 Å². The Kier molecular flexibility index (Phi) is 1.01. The van der Waals surface area contributed by atoms with Crippen molar-refractivity contribution in [1.29, 1.82) is 0 Å². The number of thiol groups is 1. The molecular weight excluding hydrogens is 98.1 g/mol. The molecule has 0 saturated heterocycles. The average Bonchev–Trinajstić information content (AvgIpc) is 1.86. The number of ether oxygens (including phenoxy) is 1. The Balaban J connectivity index is 2.32. The molecule has 1 unspecified atom stereocenters. The van der Waals surface area contributed by atoms with E-state index in [-0.39, 0.29) is 5.44 Å². The zero-order valence-corrected chi connectivity index (χ0v) is 4.06. The van der Waals surface area contributed by atoms with E-state index < -0.39 is 0 Å². The van der Waals surface area contributed by atoms with Gasteiger partial charge in [0.05, 0.1) is 6.54 Å². The summed E-state index contributed by atoms with van der Waals surface area (Å²) in [7, 11) is 0. The summed E-state index contributed by atoms with van der Waals surface area (Å²) >= 11 is 3.95. The van der Waals surface area contributed by atoms with E-state index in [0.717, 1.165) is 0 Å². The van der Waals surface area contributed by atoms with Gasteiger partial charge in [-0.2, -0.15) is 0 Å². The van der Waals surface area contributed by atoms with E-state index in [0.29, 0.717) is 6.54 Å². The highest BCUT2D eigenvalue weighted by Gasteiger charge is 2.02. The first-order chi connectivity index (χ1) is 2.89. The topological polar surface area (TPSA) is 21.6 Å². The molecule has 1 aliphatic heterocycles. The fraction of sp³-hybridized carbons (Fsp3) is 0.667. The van der Waals surface area contributed by atoms with Crippen molar-refractivity contribution < 1.29 is 4.74 Å². The highest BCUT2D eigenvalue weighted by molar-refractivity contribution is 7.80. The molecule has 0 fully saturated rings. The maximum absolute atomic E-state index is 4.73. The van der Waals surface area contributed by atoms with Gasteiger partial charge < -0.3 is 4.74 Å². The molecule has 0 aromatic carbocycles. The Hall–Kier alpha value is -0.180. The van der Waals surface area contributed by atoms with Gasteiger partial charge in [-0.1, -0.05) is 0 Å². The van der Waals surface area contributed by atoms with Crippen molar-refractivity contribution in [2.75, 3.05) is 6.54 Å². The minimum atomic E-state index is 0.0185. The molecule has 0 N–H and O–H groups in total. The van der Waals surface area contributed by atoms with Crippen molar-refractivity contribution in [1.82, 2.24) is 0 Å². The fourth-order valence-corrected chi connectivity index (χ4v) is 0.438. The second-order valence-corrected chi connectivity index (χ2v) is 1.64. The minimum absolute atomic E-state index is 0.0185. The number of hydrogen-bond donors (Lipinski definition) is 1. The first-order valence-electron chi connectivity index (χ1n) is 1.71. The average molecular weight is 103 g/mol. The summed E-state index contributed by atoms with van der Waals surface area (Å²) in [5.74, 6) is 0. The Bertz CT molecular complexity index is 65.2. The largest absolute Gasteiger partial charge is 0.468 e. The lowest BCUT2D eigenvalue weighted by molar-refractivity contribution is 0.329. The van der Waals surface area contributed by atoms with Crippen molar-refractivity contribution in [2.24, 2.45) is 4.99 Å². The Morgan fingerprint density at radius 1 is 2.00 bits per heavy atom. The van der Waals surface area contributed by atoms with Crippen LogP contribution >= 0.6 is 12.6 Å². The zero-order chi connectivity index (χ0) is 4.41. The van der Waals surface area contributed by atoms with E-state index in [2.05, 4.69) is 17.6 Å². The van der Waals surface area contributed by atoms with E-state index in [1.165, 1.54) is 6.40 Å². The summed E-state index contributed by atoms with van der Waals surface area (Å²) in [4.78, 5) is 3.74. The predicted molar refractivity (Wildman–Crippen MR) is 27.2 cm³/mol. The van der Waals surface area contributed by atoms with Gasteiger partial charge in [0.25, 0.3) is 0 Å². The first kappa shape index (κ1) is 3.99. The second kappa shape index (κ2) is 1.51. The summed E-state index contributed by atoms with van der Waals surface area (Å²) in [5, 5.41) is 0. The molecule has 0 amide bonds. The van der Waals surface area contributed by atoms with E-state index in [1.807, 2.05) is 0 Å². The van der Waals surface area contributed by atoms with Gasteiger partial charge in [-0.15, -0.1) is 12.6 Å². The molecule has 0 radical (unpaired) electrons. The Labute approximate surface area is 41.6 Å². The highest BCUT2D eigenvalue weighted by Crippen LogP contribution is 2.00. The maximum atomic E-state index is 4.73. The van der Waals surface area contributed by atoms with Gasteiger partial charge in [0.2, 0.25) is 0 Å². The van der Waals surface area contributed by atoms with Gasteiger partial charge in [0, 0.05) is 0 Å². The van der Waals surface area contributed by atoms with Crippen LogP contribution in [0.2, 0.25) is 0 Å². The first-order valence-corrected chi connectivity index (χ1v) is 2.23. The van der Waals surface area contributed by atoms with Crippen LogP contribution in [0.5, 0.6) is 0 Å². The molecule has 6 heavy (non-hydrogen) atoms. The molecular formula is C3H5NOS. The Morgan fingerprint density at radius 3 is 3.00 bits per heavy atom. The van der Waals surface area contributed by atoms with Crippen LogP contribution in [0.4, 0.5) is 0 Å². The monoisotopic (exact) mass is 103 g/mol. The van der Waals surface area contributed by atoms with Crippen molar-refractivity contribution >= 4 is 19.0 Å². The zero-order valence-electron chi connectivity index (χ0n) is 3.16. The molecule has 1 aliphatic rings. The third kappa shape index (κ3) is 0.653. The van der Waals surface area contributed by atoms with E-state index in [4.69, 9.17) is 4.74 Å². The Morgan fingerprint density at radius 2 is 2.83 bits per heavy atom. The molecule has 0 aromatic rings. The van der Waals surface area contributed by atoms with Crippen LogP contribution in [0.25, 0.3) is 0 Å². The highest BCUT2D eigenvalue weighted by atomic mass is 32.1. The number of nitrogens with zero attached hydrogens (tertiary/aromatic N) is 1. The quantitative estimate of drug-likeness (QED) is 0.437. The standard InChI is InChI=1S/C3H5NOS/c6-3-1-4-2-5-3/h2-3,6H,1H2. The molecule has 34 valence electrons. The molecule has 3 heteroatoms. The molecule has 1 atom stereocenters.